The Morgan fingerprint density at radius 3 is 2.32 bits per heavy atom. The van der Waals surface area contributed by atoms with E-state index in [0.717, 1.165) is 0 Å². The molecule has 1 aromatic heterocycles. The maximum atomic E-state index is 12.2. The monoisotopic (exact) mass is 373 g/mol. The van der Waals surface area contributed by atoms with Gasteiger partial charge in [-0.3, -0.25) is 14.4 Å². The van der Waals surface area contributed by atoms with Crippen LogP contribution in [0, 0.1) is 0 Å². The Bertz CT molecular complexity index is 622. The highest BCUT2D eigenvalue weighted by Gasteiger charge is 2.29. The van der Waals surface area contributed by atoms with Crippen molar-refractivity contribution in [1.29, 1.82) is 0 Å². The molecule has 1 heterocycles. The number of aromatic nitrogens is 2. The van der Waals surface area contributed by atoms with Gasteiger partial charge in [-0.2, -0.15) is 12.6 Å². The van der Waals surface area contributed by atoms with Crippen molar-refractivity contribution >= 4 is 36.4 Å². The van der Waals surface area contributed by atoms with E-state index in [1.54, 1.807) is 0 Å². The van der Waals surface area contributed by atoms with Crippen LogP contribution in [-0.2, 0) is 25.6 Å². The second-order valence-corrected chi connectivity index (χ2v) is 5.49. The first-order chi connectivity index (χ1) is 11.7. The van der Waals surface area contributed by atoms with E-state index in [1.165, 1.54) is 12.5 Å². The molecule has 11 nitrogen and oxygen atoms in total. The quantitative estimate of drug-likeness (QED) is 0.224. The maximum absolute atomic E-state index is 12.2. The van der Waals surface area contributed by atoms with Crippen LogP contribution in [0.2, 0.25) is 0 Å². The van der Waals surface area contributed by atoms with Gasteiger partial charge in [0, 0.05) is 24.1 Å². The molecular formula is C13H19N5O6S. The van der Waals surface area contributed by atoms with Crippen molar-refractivity contribution in [3.63, 3.8) is 0 Å². The first-order valence-electron chi connectivity index (χ1n) is 7.13. The molecule has 0 spiro atoms. The highest BCUT2D eigenvalue weighted by molar-refractivity contribution is 7.80. The van der Waals surface area contributed by atoms with E-state index in [0.29, 0.717) is 5.69 Å². The minimum Gasteiger partial charge on any atom is -0.481 e. The molecule has 3 atom stereocenters. The number of amides is 2. The number of carbonyl (C=O) groups is 4. The van der Waals surface area contributed by atoms with Crippen LogP contribution in [-0.4, -0.2) is 67.8 Å². The molecule has 0 aromatic carbocycles. The minimum atomic E-state index is -1.47. The fourth-order valence-corrected chi connectivity index (χ4v) is 2.00. The molecule has 0 saturated carbocycles. The van der Waals surface area contributed by atoms with Crippen molar-refractivity contribution in [3.05, 3.63) is 18.2 Å². The van der Waals surface area contributed by atoms with E-state index in [2.05, 4.69) is 33.2 Å². The molecule has 7 N–H and O–H groups in total. The smallest absolute Gasteiger partial charge is 0.326 e. The third kappa shape index (κ3) is 6.81. The number of hydrogen-bond acceptors (Lipinski definition) is 7. The molecule has 0 bridgehead atoms. The van der Waals surface area contributed by atoms with Gasteiger partial charge in [0.2, 0.25) is 11.8 Å². The molecule has 1 rings (SSSR count). The number of rotatable bonds is 10. The average Bonchev–Trinajstić information content (AvgIpc) is 3.05. The third-order valence-corrected chi connectivity index (χ3v) is 3.53. The van der Waals surface area contributed by atoms with E-state index < -0.39 is 48.3 Å². The van der Waals surface area contributed by atoms with Crippen molar-refractivity contribution in [2.45, 2.75) is 31.0 Å². The predicted molar refractivity (Wildman–Crippen MR) is 87.9 cm³/mol. The van der Waals surface area contributed by atoms with Crippen LogP contribution in [0.15, 0.2) is 12.5 Å². The van der Waals surface area contributed by atoms with Gasteiger partial charge in [-0.05, 0) is 0 Å². The van der Waals surface area contributed by atoms with Crippen LogP contribution in [0.4, 0.5) is 0 Å². The van der Waals surface area contributed by atoms with Crippen LogP contribution in [0.5, 0.6) is 0 Å². The van der Waals surface area contributed by atoms with Crippen LogP contribution < -0.4 is 16.4 Å². The Labute approximate surface area is 147 Å². The highest BCUT2D eigenvalue weighted by atomic mass is 32.1. The van der Waals surface area contributed by atoms with Gasteiger partial charge in [-0.15, -0.1) is 0 Å². The summed E-state index contributed by atoms with van der Waals surface area (Å²) in [5.74, 6) is -4.40. The summed E-state index contributed by atoms with van der Waals surface area (Å²) in [5.41, 5.74) is 5.92. The first-order valence-corrected chi connectivity index (χ1v) is 7.76. The third-order valence-electron chi connectivity index (χ3n) is 3.14. The minimum absolute atomic E-state index is 0.00911. The van der Waals surface area contributed by atoms with Gasteiger partial charge in [-0.1, -0.05) is 0 Å². The van der Waals surface area contributed by atoms with Gasteiger partial charge in [0.1, 0.15) is 12.1 Å². The Balaban J connectivity index is 2.81. The summed E-state index contributed by atoms with van der Waals surface area (Å²) < 4.78 is 0. The van der Waals surface area contributed by atoms with Crippen molar-refractivity contribution in [1.82, 2.24) is 20.6 Å². The summed E-state index contributed by atoms with van der Waals surface area (Å²) in [6.07, 6.45) is 1.92. The lowest BCUT2D eigenvalue weighted by Crippen LogP contribution is -2.55. The average molecular weight is 373 g/mol. The van der Waals surface area contributed by atoms with E-state index in [4.69, 9.17) is 10.8 Å². The molecule has 12 heteroatoms. The number of carboxylic acid groups (broad SMARTS) is 2. The summed E-state index contributed by atoms with van der Waals surface area (Å²) in [6, 6.07) is -3.84. The molecule has 2 amide bonds. The highest BCUT2D eigenvalue weighted by Crippen LogP contribution is 2.02. The number of aliphatic carboxylic acids is 2. The van der Waals surface area contributed by atoms with Gasteiger partial charge in [0.05, 0.1) is 18.8 Å². The van der Waals surface area contributed by atoms with Crippen LogP contribution in [0.25, 0.3) is 0 Å². The number of aromatic amines is 1. The predicted octanol–water partition coefficient (Wildman–Crippen LogP) is -2.26. The Kier molecular flexibility index (Phi) is 7.88. The zero-order chi connectivity index (χ0) is 19.0. The number of hydrogen-bond donors (Lipinski definition) is 7. The molecule has 0 aliphatic heterocycles. The summed E-state index contributed by atoms with van der Waals surface area (Å²) in [4.78, 5) is 52.6. The van der Waals surface area contributed by atoms with E-state index in [-0.39, 0.29) is 12.2 Å². The van der Waals surface area contributed by atoms with Gasteiger partial charge < -0.3 is 31.6 Å². The molecule has 0 saturated heterocycles. The van der Waals surface area contributed by atoms with E-state index in [9.17, 15) is 24.3 Å². The molecule has 25 heavy (non-hydrogen) atoms. The Hall–Kier alpha value is -2.60. The van der Waals surface area contributed by atoms with Gasteiger partial charge in [0.15, 0.2) is 0 Å². The SMILES string of the molecule is NC(CS)C(=O)NC(CC(=O)O)C(=O)NC(Cc1cnc[nH]1)C(=O)O. The number of carbonyl (C=O) groups excluding carboxylic acids is 2. The molecule has 138 valence electrons. The molecule has 1 aromatic rings. The molecule has 0 aliphatic carbocycles. The molecular weight excluding hydrogens is 354 g/mol. The molecule has 0 aliphatic rings. The summed E-state index contributed by atoms with van der Waals surface area (Å²) in [5, 5.41) is 22.5. The Morgan fingerprint density at radius 1 is 1.20 bits per heavy atom. The fourth-order valence-electron chi connectivity index (χ4n) is 1.83. The normalized spacial score (nSPS) is 14.2. The van der Waals surface area contributed by atoms with Crippen LogP contribution in [0.3, 0.4) is 0 Å². The molecule has 0 radical (unpaired) electrons. The summed E-state index contributed by atoms with van der Waals surface area (Å²) >= 11 is 3.84. The number of thiol groups is 1. The fraction of sp³-hybridized carbons (Fsp3) is 0.462. The molecule has 0 fully saturated rings. The number of nitrogens with one attached hydrogen (secondary N) is 3. The van der Waals surface area contributed by atoms with Crippen molar-refractivity contribution in [2.24, 2.45) is 5.73 Å². The first kappa shape index (κ1) is 20.4. The molecule has 3 unspecified atom stereocenters. The lowest BCUT2D eigenvalue weighted by Gasteiger charge is -2.21. The maximum Gasteiger partial charge on any atom is 0.326 e. The number of H-pyrrole nitrogens is 1. The summed E-state index contributed by atoms with van der Waals surface area (Å²) in [7, 11) is 0. The lowest BCUT2D eigenvalue weighted by molar-refractivity contribution is -0.143. The van der Waals surface area contributed by atoms with Gasteiger partial charge >= 0.3 is 11.9 Å². The largest absolute Gasteiger partial charge is 0.481 e. The van der Waals surface area contributed by atoms with Gasteiger partial charge in [0.25, 0.3) is 0 Å². The second-order valence-electron chi connectivity index (χ2n) is 5.13. The van der Waals surface area contributed by atoms with Crippen molar-refractivity contribution < 1.29 is 29.4 Å². The lowest BCUT2D eigenvalue weighted by atomic mass is 10.1. The summed E-state index contributed by atoms with van der Waals surface area (Å²) in [6.45, 7) is 0. The number of imidazole rings is 1. The van der Waals surface area contributed by atoms with Crippen molar-refractivity contribution in [3.8, 4) is 0 Å². The van der Waals surface area contributed by atoms with E-state index >= 15 is 0 Å². The number of nitrogens with zero attached hydrogens (tertiary/aromatic N) is 1. The zero-order valence-electron chi connectivity index (χ0n) is 13.0. The zero-order valence-corrected chi connectivity index (χ0v) is 13.9. The van der Waals surface area contributed by atoms with Gasteiger partial charge in [-0.25, -0.2) is 9.78 Å². The number of nitrogens with two attached hydrogens (primary N) is 1. The topological polar surface area (TPSA) is 188 Å². The number of carboxylic acids is 2. The van der Waals surface area contributed by atoms with Crippen LogP contribution in [0.1, 0.15) is 12.1 Å². The van der Waals surface area contributed by atoms with E-state index in [1.807, 2.05) is 0 Å². The Morgan fingerprint density at radius 2 is 1.84 bits per heavy atom. The second kappa shape index (κ2) is 9.64. The standard InChI is InChI=1S/C13H19N5O6S/c14-7(4-25)11(21)17-8(2-10(19)20)12(22)18-9(13(23)24)1-6-3-15-5-16-6/h3,5,7-9,25H,1-2,4,14H2,(H,15,16)(H,17,21)(H,18,22)(H,19,20)(H,23,24). The van der Waals surface area contributed by atoms with Crippen molar-refractivity contribution in [2.75, 3.05) is 5.75 Å². The van der Waals surface area contributed by atoms with Crippen LogP contribution >= 0.6 is 12.6 Å².